The summed E-state index contributed by atoms with van der Waals surface area (Å²) in [7, 11) is 4.35. The van der Waals surface area contributed by atoms with Crippen LogP contribution < -0.4 is 14.2 Å². The molecule has 126 valence electrons. The molecular formula is C18H18O6. The van der Waals surface area contributed by atoms with Crippen molar-refractivity contribution in [3.63, 3.8) is 0 Å². The van der Waals surface area contributed by atoms with Gasteiger partial charge < -0.3 is 18.9 Å². The lowest BCUT2D eigenvalue weighted by Gasteiger charge is -2.09. The second-order valence-corrected chi connectivity index (χ2v) is 4.86. The fourth-order valence-corrected chi connectivity index (χ4v) is 2.04. The highest BCUT2D eigenvalue weighted by Gasteiger charge is 2.13. The standard InChI is InChI=1S/C18H18O6/c1-21-15-9-6-13(11-16(15)22-2)18(20)24-14-7-4-12(5-8-14)10-17(19)23-3/h4-9,11H,10H2,1-3H3. The molecular weight excluding hydrogens is 312 g/mol. The SMILES string of the molecule is COC(=O)Cc1ccc(OC(=O)c2ccc(OC)c(OC)c2)cc1. The zero-order chi connectivity index (χ0) is 17.5. The molecule has 0 heterocycles. The molecule has 0 unspecified atom stereocenters. The quantitative estimate of drug-likeness (QED) is 0.599. The number of carbonyl (C=O) groups excluding carboxylic acids is 2. The maximum atomic E-state index is 12.2. The van der Waals surface area contributed by atoms with Gasteiger partial charge in [0.1, 0.15) is 5.75 Å². The van der Waals surface area contributed by atoms with Crippen LogP contribution in [0.3, 0.4) is 0 Å². The van der Waals surface area contributed by atoms with E-state index in [2.05, 4.69) is 4.74 Å². The van der Waals surface area contributed by atoms with Gasteiger partial charge in [-0.25, -0.2) is 4.79 Å². The molecule has 0 aromatic heterocycles. The lowest BCUT2D eigenvalue weighted by Crippen LogP contribution is -2.09. The first kappa shape index (κ1) is 17.3. The van der Waals surface area contributed by atoms with Crippen LogP contribution in [0.15, 0.2) is 42.5 Å². The van der Waals surface area contributed by atoms with E-state index in [1.54, 1.807) is 42.5 Å². The van der Waals surface area contributed by atoms with E-state index in [-0.39, 0.29) is 12.4 Å². The molecule has 2 aromatic rings. The van der Waals surface area contributed by atoms with Crippen molar-refractivity contribution < 1.29 is 28.5 Å². The molecule has 0 N–H and O–H groups in total. The van der Waals surface area contributed by atoms with E-state index < -0.39 is 5.97 Å². The average molecular weight is 330 g/mol. The van der Waals surface area contributed by atoms with E-state index in [9.17, 15) is 9.59 Å². The third-order valence-corrected chi connectivity index (χ3v) is 3.33. The van der Waals surface area contributed by atoms with Gasteiger partial charge in [-0.3, -0.25) is 4.79 Å². The summed E-state index contributed by atoms with van der Waals surface area (Å²) in [5.41, 5.74) is 1.11. The zero-order valence-corrected chi connectivity index (χ0v) is 13.7. The van der Waals surface area contributed by atoms with E-state index >= 15 is 0 Å². The lowest BCUT2D eigenvalue weighted by atomic mass is 10.1. The molecule has 6 nitrogen and oxygen atoms in total. The Bertz CT molecular complexity index is 721. The topological polar surface area (TPSA) is 71.1 Å². The Labute approximate surface area is 139 Å². The molecule has 24 heavy (non-hydrogen) atoms. The predicted molar refractivity (Wildman–Crippen MR) is 86.7 cm³/mol. The monoisotopic (exact) mass is 330 g/mol. The summed E-state index contributed by atoms with van der Waals surface area (Å²) >= 11 is 0. The smallest absolute Gasteiger partial charge is 0.343 e. The summed E-state index contributed by atoms with van der Waals surface area (Å²) in [4.78, 5) is 23.4. The van der Waals surface area contributed by atoms with Crippen LogP contribution in [0, 0.1) is 0 Å². The van der Waals surface area contributed by atoms with E-state index in [0.29, 0.717) is 22.8 Å². The van der Waals surface area contributed by atoms with Crippen LogP contribution in [0.5, 0.6) is 17.2 Å². The van der Waals surface area contributed by atoms with Crippen LogP contribution in [-0.4, -0.2) is 33.3 Å². The average Bonchev–Trinajstić information content (AvgIpc) is 2.62. The van der Waals surface area contributed by atoms with Gasteiger partial charge >= 0.3 is 11.9 Å². The third-order valence-electron chi connectivity index (χ3n) is 3.33. The van der Waals surface area contributed by atoms with Gasteiger partial charge in [0.05, 0.1) is 33.3 Å². The lowest BCUT2D eigenvalue weighted by molar-refractivity contribution is -0.139. The molecule has 0 saturated carbocycles. The highest BCUT2D eigenvalue weighted by molar-refractivity contribution is 5.91. The van der Waals surface area contributed by atoms with Gasteiger partial charge in [-0.1, -0.05) is 12.1 Å². The van der Waals surface area contributed by atoms with Gasteiger partial charge in [-0.15, -0.1) is 0 Å². The third kappa shape index (κ3) is 4.25. The summed E-state index contributed by atoms with van der Waals surface area (Å²) in [6.45, 7) is 0. The number of hydrogen-bond donors (Lipinski definition) is 0. The van der Waals surface area contributed by atoms with Gasteiger partial charge in [0, 0.05) is 0 Å². The van der Waals surface area contributed by atoms with Crippen molar-refractivity contribution in [2.45, 2.75) is 6.42 Å². The number of ether oxygens (including phenoxy) is 4. The van der Waals surface area contributed by atoms with Gasteiger partial charge in [0.2, 0.25) is 0 Å². The Balaban J connectivity index is 2.08. The first-order valence-corrected chi connectivity index (χ1v) is 7.17. The largest absolute Gasteiger partial charge is 0.493 e. The Morgan fingerprint density at radius 2 is 1.54 bits per heavy atom. The van der Waals surface area contributed by atoms with Crippen molar-refractivity contribution in [2.75, 3.05) is 21.3 Å². The molecule has 0 amide bonds. The molecule has 2 aromatic carbocycles. The summed E-state index contributed by atoms with van der Waals surface area (Å²) in [5, 5.41) is 0. The van der Waals surface area contributed by atoms with Crippen molar-refractivity contribution in [1.29, 1.82) is 0 Å². The highest BCUT2D eigenvalue weighted by atomic mass is 16.5. The van der Waals surface area contributed by atoms with Crippen molar-refractivity contribution in [2.24, 2.45) is 0 Å². The normalized spacial score (nSPS) is 9.96. The fourth-order valence-electron chi connectivity index (χ4n) is 2.04. The van der Waals surface area contributed by atoms with Crippen LogP contribution in [0.2, 0.25) is 0 Å². The molecule has 0 aliphatic carbocycles. The van der Waals surface area contributed by atoms with E-state index in [1.807, 2.05) is 0 Å². The maximum absolute atomic E-state index is 12.2. The Morgan fingerprint density at radius 1 is 0.875 bits per heavy atom. The van der Waals surface area contributed by atoms with Crippen molar-refractivity contribution >= 4 is 11.9 Å². The molecule has 0 aliphatic heterocycles. The maximum Gasteiger partial charge on any atom is 0.343 e. The summed E-state index contributed by atoms with van der Waals surface area (Å²) in [6.07, 6.45) is 0.167. The fraction of sp³-hybridized carbons (Fsp3) is 0.222. The molecule has 6 heteroatoms. The first-order valence-electron chi connectivity index (χ1n) is 7.17. The van der Waals surface area contributed by atoms with Crippen molar-refractivity contribution in [3.05, 3.63) is 53.6 Å². The first-order chi connectivity index (χ1) is 11.6. The minimum absolute atomic E-state index is 0.167. The number of benzene rings is 2. The number of carbonyl (C=O) groups is 2. The van der Waals surface area contributed by atoms with Gasteiger partial charge in [-0.2, -0.15) is 0 Å². The van der Waals surface area contributed by atoms with Crippen LogP contribution in [0.4, 0.5) is 0 Å². The Kier molecular flexibility index (Phi) is 5.78. The Morgan fingerprint density at radius 3 is 2.12 bits per heavy atom. The number of hydrogen-bond acceptors (Lipinski definition) is 6. The molecule has 0 bridgehead atoms. The molecule has 0 atom stereocenters. The molecule has 0 aliphatic rings. The van der Waals surface area contributed by atoms with Gasteiger partial charge in [0.25, 0.3) is 0 Å². The van der Waals surface area contributed by atoms with E-state index in [0.717, 1.165) is 5.56 Å². The van der Waals surface area contributed by atoms with Gasteiger partial charge in [0.15, 0.2) is 11.5 Å². The summed E-state index contributed by atoms with van der Waals surface area (Å²) in [6, 6.07) is 11.4. The minimum Gasteiger partial charge on any atom is -0.493 e. The van der Waals surface area contributed by atoms with Crippen molar-refractivity contribution in [3.8, 4) is 17.2 Å². The van der Waals surface area contributed by atoms with Gasteiger partial charge in [-0.05, 0) is 35.9 Å². The minimum atomic E-state index is -0.517. The van der Waals surface area contributed by atoms with E-state index in [4.69, 9.17) is 14.2 Å². The second-order valence-electron chi connectivity index (χ2n) is 4.86. The summed E-state index contributed by atoms with van der Waals surface area (Å²) < 4.78 is 20.2. The van der Waals surface area contributed by atoms with Crippen molar-refractivity contribution in [1.82, 2.24) is 0 Å². The van der Waals surface area contributed by atoms with Crippen LogP contribution in [0.25, 0.3) is 0 Å². The molecule has 0 spiro atoms. The molecule has 0 fully saturated rings. The number of esters is 2. The summed E-state index contributed by atoms with van der Waals surface area (Å²) in [5.74, 6) is 0.506. The van der Waals surface area contributed by atoms with Crippen LogP contribution >= 0.6 is 0 Å². The van der Waals surface area contributed by atoms with Crippen LogP contribution in [-0.2, 0) is 16.0 Å². The van der Waals surface area contributed by atoms with E-state index in [1.165, 1.54) is 21.3 Å². The zero-order valence-electron chi connectivity index (χ0n) is 13.7. The number of methoxy groups -OCH3 is 3. The highest BCUT2D eigenvalue weighted by Crippen LogP contribution is 2.28. The van der Waals surface area contributed by atoms with Crippen LogP contribution in [0.1, 0.15) is 15.9 Å². The number of rotatable bonds is 6. The second kappa shape index (κ2) is 8.01. The predicted octanol–water partition coefficient (Wildman–Crippen LogP) is 2.64. The molecule has 0 saturated heterocycles. The molecule has 2 rings (SSSR count). The Hall–Kier alpha value is -3.02. The molecule has 0 radical (unpaired) electrons.